The maximum Gasteiger partial charge on any atom is 0.151 e. The summed E-state index contributed by atoms with van der Waals surface area (Å²) in [6, 6.07) is 8.54. The van der Waals surface area contributed by atoms with E-state index in [-0.39, 0.29) is 0 Å². The molecule has 0 N–H and O–H groups in total. The standard InChI is InChI=1S/C18H22N6/c1-12-6-8-17(9-7-12)11-23-14(3)18(13(2)22-23)10-19-24-15(4)20-21-16(24)5/h6-10H,11H2,1-5H3/b19-10+. The lowest BCUT2D eigenvalue weighted by molar-refractivity contribution is 0.659. The van der Waals surface area contributed by atoms with Crippen molar-refractivity contribution in [2.45, 2.75) is 41.2 Å². The lowest BCUT2D eigenvalue weighted by atomic mass is 10.1. The van der Waals surface area contributed by atoms with Crippen LogP contribution in [-0.4, -0.2) is 30.9 Å². The third-order valence-electron chi connectivity index (χ3n) is 4.15. The maximum atomic E-state index is 4.66. The minimum absolute atomic E-state index is 0.755. The molecule has 0 saturated carbocycles. The van der Waals surface area contributed by atoms with Gasteiger partial charge in [-0.3, -0.25) is 4.68 Å². The topological polar surface area (TPSA) is 60.9 Å². The highest BCUT2D eigenvalue weighted by atomic mass is 15.4. The van der Waals surface area contributed by atoms with Gasteiger partial charge in [-0.1, -0.05) is 29.8 Å². The molecule has 0 saturated heterocycles. The van der Waals surface area contributed by atoms with Gasteiger partial charge in [0, 0.05) is 11.3 Å². The monoisotopic (exact) mass is 322 g/mol. The molecule has 0 unspecified atom stereocenters. The lowest BCUT2D eigenvalue weighted by Gasteiger charge is -2.05. The van der Waals surface area contributed by atoms with Crippen molar-refractivity contribution in [3.63, 3.8) is 0 Å². The van der Waals surface area contributed by atoms with Crippen LogP contribution in [0.4, 0.5) is 0 Å². The number of aryl methyl sites for hydroxylation is 4. The molecule has 0 atom stereocenters. The zero-order valence-electron chi connectivity index (χ0n) is 14.8. The smallest absolute Gasteiger partial charge is 0.151 e. The highest BCUT2D eigenvalue weighted by Crippen LogP contribution is 2.14. The Morgan fingerprint density at radius 2 is 1.58 bits per heavy atom. The van der Waals surface area contributed by atoms with Crippen molar-refractivity contribution in [2.75, 3.05) is 0 Å². The molecule has 0 aliphatic carbocycles. The van der Waals surface area contributed by atoms with Gasteiger partial charge < -0.3 is 0 Å². The van der Waals surface area contributed by atoms with Gasteiger partial charge in [0.05, 0.1) is 18.5 Å². The van der Waals surface area contributed by atoms with Crippen molar-refractivity contribution < 1.29 is 0 Å². The summed E-state index contributed by atoms with van der Waals surface area (Å²) in [6.07, 6.45) is 1.84. The Morgan fingerprint density at radius 1 is 0.958 bits per heavy atom. The maximum absolute atomic E-state index is 4.66. The molecule has 3 rings (SSSR count). The van der Waals surface area contributed by atoms with E-state index in [1.807, 2.05) is 31.7 Å². The highest BCUT2D eigenvalue weighted by molar-refractivity contribution is 5.82. The summed E-state index contributed by atoms with van der Waals surface area (Å²) in [5.74, 6) is 1.54. The van der Waals surface area contributed by atoms with E-state index >= 15 is 0 Å². The van der Waals surface area contributed by atoms with Crippen molar-refractivity contribution in [3.05, 3.63) is 64.0 Å². The Hall–Kier alpha value is -2.76. The number of hydrogen-bond acceptors (Lipinski definition) is 4. The quantitative estimate of drug-likeness (QED) is 0.694. The summed E-state index contributed by atoms with van der Waals surface area (Å²) in [4.78, 5) is 0. The molecule has 3 aromatic rings. The summed E-state index contributed by atoms with van der Waals surface area (Å²) in [6.45, 7) is 10.7. The fourth-order valence-corrected chi connectivity index (χ4v) is 2.66. The Kier molecular flexibility index (Phi) is 4.29. The second-order valence-corrected chi connectivity index (χ2v) is 6.08. The molecule has 0 amide bonds. The Morgan fingerprint density at radius 3 is 2.21 bits per heavy atom. The van der Waals surface area contributed by atoms with Crippen LogP contribution in [0.2, 0.25) is 0 Å². The molecular formula is C18H22N6. The van der Waals surface area contributed by atoms with Crippen LogP contribution in [0.15, 0.2) is 29.4 Å². The van der Waals surface area contributed by atoms with Crippen molar-refractivity contribution >= 4 is 6.21 Å². The molecule has 0 aliphatic rings. The molecular weight excluding hydrogens is 300 g/mol. The van der Waals surface area contributed by atoms with Crippen molar-refractivity contribution in [2.24, 2.45) is 5.10 Å². The van der Waals surface area contributed by atoms with E-state index in [0.717, 1.165) is 35.1 Å². The molecule has 2 heterocycles. The zero-order chi connectivity index (χ0) is 17.3. The van der Waals surface area contributed by atoms with E-state index in [9.17, 15) is 0 Å². The van der Waals surface area contributed by atoms with Crippen LogP contribution < -0.4 is 0 Å². The van der Waals surface area contributed by atoms with Gasteiger partial charge in [-0.25, -0.2) is 4.68 Å². The van der Waals surface area contributed by atoms with E-state index in [0.29, 0.717) is 0 Å². The first-order valence-corrected chi connectivity index (χ1v) is 7.98. The number of benzene rings is 1. The fourth-order valence-electron chi connectivity index (χ4n) is 2.66. The molecule has 0 radical (unpaired) electrons. The van der Waals surface area contributed by atoms with Gasteiger partial charge in [-0.2, -0.15) is 10.2 Å². The minimum Gasteiger partial charge on any atom is -0.265 e. The normalized spacial score (nSPS) is 11.5. The van der Waals surface area contributed by atoms with E-state index in [1.54, 1.807) is 4.68 Å². The first-order chi connectivity index (χ1) is 11.5. The van der Waals surface area contributed by atoms with Gasteiger partial charge in [0.15, 0.2) is 11.6 Å². The third kappa shape index (κ3) is 3.13. The molecule has 1 aromatic carbocycles. The van der Waals surface area contributed by atoms with Crippen LogP contribution in [0, 0.1) is 34.6 Å². The molecule has 2 aromatic heterocycles. The van der Waals surface area contributed by atoms with Crippen LogP contribution >= 0.6 is 0 Å². The van der Waals surface area contributed by atoms with Crippen molar-refractivity contribution in [1.29, 1.82) is 0 Å². The first-order valence-electron chi connectivity index (χ1n) is 7.98. The fraction of sp³-hybridized carbons (Fsp3) is 0.333. The van der Waals surface area contributed by atoms with Crippen LogP contribution in [0.5, 0.6) is 0 Å². The van der Waals surface area contributed by atoms with Crippen LogP contribution in [0.1, 0.15) is 39.7 Å². The molecule has 0 aliphatic heterocycles. The summed E-state index contributed by atoms with van der Waals surface area (Å²) in [5, 5.41) is 17.2. The average Bonchev–Trinajstić information content (AvgIpc) is 3.00. The zero-order valence-corrected chi connectivity index (χ0v) is 14.8. The SMILES string of the molecule is Cc1ccc(Cn2nc(C)c(/C=N/n3c(C)nnc3C)c2C)cc1. The van der Waals surface area contributed by atoms with Crippen LogP contribution in [0.25, 0.3) is 0 Å². The van der Waals surface area contributed by atoms with Gasteiger partial charge in [0.2, 0.25) is 0 Å². The van der Waals surface area contributed by atoms with Crippen LogP contribution in [-0.2, 0) is 6.54 Å². The van der Waals surface area contributed by atoms with Crippen molar-refractivity contribution in [3.8, 4) is 0 Å². The molecule has 0 fully saturated rings. The van der Waals surface area contributed by atoms with Crippen LogP contribution in [0.3, 0.4) is 0 Å². The van der Waals surface area contributed by atoms with E-state index < -0.39 is 0 Å². The summed E-state index contributed by atoms with van der Waals surface area (Å²) in [5.41, 5.74) is 5.60. The second-order valence-electron chi connectivity index (χ2n) is 6.08. The number of nitrogens with zero attached hydrogens (tertiary/aromatic N) is 6. The Balaban J connectivity index is 1.88. The van der Waals surface area contributed by atoms with Gasteiger partial charge in [-0.05, 0) is 40.2 Å². The summed E-state index contributed by atoms with van der Waals surface area (Å²) in [7, 11) is 0. The molecule has 6 heteroatoms. The third-order valence-corrected chi connectivity index (χ3v) is 4.15. The van der Waals surface area contributed by atoms with Gasteiger partial charge >= 0.3 is 0 Å². The number of aromatic nitrogens is 5. The number of rotatable bonds is 4. The predicted molar refractivity (Wildman–Crippen MR) is 94.5 cm³/mol. The largest absolute Gasteiger partial charge is 0.265 e. The number of hydrogen-bond donors (Lipinski definition) is 0. The second kappa shape index (κ2) is 6.39. The van der Waals surface area contributed by atoms with Gasteiger partial charge in [0.25, 0.3) is 0 Å². The van der Waals surface area contributed by atoms with E-state index in [2.05, 4.69) is 58.5 Å². The summed E-state index contributed by atoms with van der Waals surface area (Å²) < 4.78 is 3.75. The Labute approximate surface area is 141 Å². The molecule has 0 bridgehead atoms. The lowest BCUT2D eigenvalue weighted by Crippen LogP contribution is -2.04. The molecule has 124 valence electrons. The summed E-state index contributed by atoms with van der Waals surface area (Å²) >= 11 is 0. The average molecular weight is 322 g/mol. The minimum atomic E-state index is 0.755. The van der Waals surface area contributed by atoms with E-state index in [4.69, 9.17) is 0 Å². The predicted octanol–water partition coefficient (Wildman–Crippen LogP) is 2.95. The molecule has 6 nitrogen and oxygen atoms in total. The Bertz CT molecular complexity index is 864. The first kappa shape index (κ1) is 16.1. The van der Waals surface area contributed by atoms with E-state index in [1.165, 1.54) is 11.1 Å². The highest BCUT2D eigenvalue weighted by Gasteiger charge is 2.11. The van der Waals surface area contributed by atoms with Crippen molar-refractivity contribution in [1.82, 2.24) is 24.7 Å². The molecule has 0 spiro atoms. The molecule has 24 heavy (non-hydrogen) atoms. The van der Waals surface area contributed by atoms with Gasteiger partial charge in [0.1, 0.15) is 0 Å². The van der Waals surface area contributed by atoms with Gasteiger partial charge in [-0.15, -0.1) is 10.2 Å².